The Labute approximate surface area is 742 Å². The van der Waals surface area contributed by atoms with Crippen LogP contribution in [-0.2, 0) is 0 Å². The van der Waals surface area contributed by atoms with Crippen LogP contribution in [0.2, 0.25) is 0 Å². The first kappa shape index (κ1) is 74.4. The highest BCUT2D eigenvalue weighted by Gasteiger charge is 2.23. The molecule has 0 atom stereocenters. The number of hydrogen-bond donors (Lipinski definition) is 0. The second-order valence-electron chi connectivity index (χ2n) is 32.6. The molecule has 11 nitrogen and oxygen atoms in total. The van der Waals surface area contributed by atoms with E-state index in [0.29, 0.717) is 52.4 Å². The molecule has 0 spiro atoms. The summed E-state index contributed by atoms with van der Waals surface area (Å²) in [7, 11) is 0. The molecule has 21 aromatic carbocycles. The maximum Gasteiger partial charge on any atom is 0.167 e. The molecule has 0 bridgehead atoms. The van der Waals surface area contributed by atoms with E-state index in [-0.39, 0.29) is 0 Å². The molecule has 0 aliphatic carbocycles. The van der Waals surface area contributed by atoms with Gasteiger partial charge in [-0.05, 0) is 164 Å². The number of fused-ring (bicyclic) bond motifs is 24. The monoisotopic (exact) mass is 1660 g/mol. The lowest BCUT2D eigenvalue weighted by Gasteiger charge is -2.11. The Hall–Kier alpha value is -17.2. The van der Waals surface area contributed by atoms with Gasteiger partial charge in [0.25, 0.3) is 0 Å². The van der Waals surface area contributed by atoms with Crippen molar-refractivity contribution in [1.82, 2.24) is 44.9 Å². The van der Waals surface area contributed by atoms with Crippen LogP contribution in [-0.4, -0.2) is 44.9 Å². The van der Waals surface area contributed by atoms with Crippen LogP contribution >= 0.6 is 11.3 Å². The molecule has 6 heterocycles. The van der Waals surface area contributed by atoms with Crippen LogP contribution in [0.15, 0.2) is 427 Å². The van der Waals surface area contributed by atoms with Crippen molar-refractivity contribution in [2.24, 2.45) is 0 Å². The van der Waals surface area contributed by atoms with Crippen LogP contribution in [0.5, 0.6) is 0 Å². The van der Waals surface area contributed by atoms with Crippen LogP contribution in [0.4, 0.5) is 0 Å². The third-order valence-corrected chi connectivity index (χ3v) is 26.1. The summed E-state index contributed by atoms with van der Waals surface area (Å²) in [6.07, 6.45) is 0. The van der Waals surface area contributed by atoms with Crippen molar-refractivity contribution in [2.75, 3.05) is 0 Å². The smallest absolute Gasteiger partial charge is 0.167 e. The van der Waals surface area contributed by atoms with Gasteiger partial charge in [0.05, 0.1) is 5.56 Å². The van der Waals surface area contributed by atoms with Gasteiger partial charge in [0.15, 0.2) is 52.4 Å². The maximum atomic E-state index is 6.37. The van der Waals surface area contributed by atoms with E-state index >= 15 is 0 Å². The Balaban J connectivity index is 0.000000105. The van der Waals surface area contributed by atoms with Crippen molar-refractivity contribution >= 4 is 172 Å². The Morgan fingerprint density at radius 3 is 0.868 bits per heavy atom. The van der Waals surface area contributed by atoms with Crippen LogP contribution in [0.1, 0.15) is 0 Å². The van der Waals surface area contributed by atoms with E-state index in [2.05, 4.69) is 279 Å². The molecule has 0 amide bonds. The first-order valence-electron chi connectivity index (χ1n) is 43.1. The second-order valence-corrected chi connectivity index (χ2v) is 33.6. The van der Waals surface area contributed by atoms with E-state index < -0.39 is 0 Å². The molecule has 12 heteroatoms. The molecule has 0 fully saturated rings. The van der Waals surface area contributed by atoms with Crippen molar-refractivity contribution in [3.8, 4) is 102 Å². The van der Waals surface area contributed by atoms with Gasteiger partial charge in [-0.1, -0.05) is 352 Å². The SMILES string of the molecule is c1ccc(-c2nc(-c3ccc4c(c3)sc3ccccc34)nc(-c3ccc4ccc5c6ccccc6ccc5c4c3)n2)cc1.c1ccc(-c2nc(-c3ccc4ccc5c6ccccc6ccc5c4c3)nc(-c3ccc4oc5ccccc5c4c3)n2)cc1.c1ccc(-c2nc(-c3ccc4ccc5c6ccccc6ccc5c4c3)nc(-c3cccc4c3oc3ccccc34)n2)cc1. The summed E-state index contributed by atoms with van der Waals surface area (Å²) < 4.78 is 15.0. The normalized spacial score (nSPS) is 11.7. The van der Waals surface area contributed by atoms with Gasteiger partial charge in [-0.15, -0.1) is 11.3 Å². The molecule has 0 saturated carbocycles. The molecule has 27 aromatic rings. The fourth-order valence-corrected chi connectivity index (χ4v) is 19.7. The Kier molecular flexibility index (Phi) is 17.9. The number of rotatable bonds is 9. The zero-order chi connectivity index (χ0) is 85.0. The van der Waals surface area contributed by atoms with E-state index in [1.807, 2.05) is 140 Å². The number of thiophene rings is 1. The summed E-state index contributed by atoms with van der Waals surface area (Å²) in [5.41, 5.74) is 11.8. The number of nitrogens with zero attached hydrogens (tertiary/aromatic N) is 9. The van der Waals surface area contributed by atoms with Gasteiger partial charge in [-0.3, -0.25) is 0 Å². The summed E-state index contributed by atoms with van der Waals surface area (Å²) in [6, 6.07) is 146. The molecule has 600 valence electrons. The third-order valence-electron chi connectivity index (χ3n) is 24.9. The van der Waals surface area contributed by atoms with Crippen LogP contribution in [0.3, 0.4) is 0 Å². The van der Waals surface area contributed by atoms with Crippen molar-refractivity contribution in [2.45, 2.75) is 0 Å². The van der Waals surface area contributed by atoms with Crippen molar-refractivity contribution in [3.05, 3.63) is 419 Å². The number of para-hydroxylation sites is 3. The standard InChI is InChI=1S/2C39H23N3O.C39H23N3S/c1-2-10-26(11-3-1)37-40-38(42-39(41-37)33-15-8-14-32-31-13-6-7-16-35(31)43-36(32)33)27-18-17-25-20-21-29-28-12-5-4-9-24(28)19-22-30(29)34(25)23-27;1-2-9-26(10-3-1)37-40-38(42-39(41-37)28-18-21-36-34(23-28)32-12-6-7-13-35(32)43-36)27-15-14-25-17-19-30-29-11-5-4-8-24(29)16-20-31(30)33(25)22-27;1-2-9-26(10-3-1)37-40-38(42-39(41-37)28-18-21-33-32-12-6-7-13-35(32)43-36(33)23-28)27-15-14-25-17-19-30-29-11-5-4-8-24(29)16-20-31(30)34(25)22-27/h3*1-23H. The molecule has 6 aromatic heterocycles. The largest absolute Gasteiger partial charge is 0.456 e. The maximum absolute atomic E-state index is 6.37. The molecule has 0 saturated heterocycles. The average Bonchev–Trinajstić information content (AvgIpc) is 1.56. The van der Waals surface area contributed by atoms with E-state index in [1.165, 1.54) is 117 Å². The summed E-state index contributed by atoms with van der Waals surface area (Å²) in [6.45, 7) is 0. The second kappa shape index (κ2) is 30.9. The number of benzene rings is 21. The highest BCUT2D eigenvalue weighted by Crippen LogP contribution is 2.43. The Morgan fingerprint density at radius 1 is 0.147 bits per heavy atom. The predicted molar refractivity (Wildman–Crippen MR) is 533 cm³/mol. The summed E-state index contributed by atoms with van der Waals surface area (Å²) in [5.74, 6) is 5.74. The lowest BCUT2D eigenvalue weighted by Crippen LogP contribution is -2.00. The Morgan fingerprint density at radius 2 is 0.426 bits per heavy atom. The fourth-order valence-electron chi connectivity index (χ4n) is 18.6. The summed E-state index contributed by atoms with van der Waals surface area (Å²) in [5, 5.41) is 28.7. The van der Waals surface area contributed by atoms with E-state index in [0.717, 1.165) is 93.9 Å². The average molecular weight is 1660 g/mol. The van der Waals surface area contributed by atoms with Gasteiger partial charge < -0.3 is 8.83 Å². The van der Waals surface area contributed by atoms with Gasteiger partial charge in [-0.25, -0.2) is 44.9 Å². The zero-order valence-corrected chi connectivity index (χ0v) is 69.9. The number of hydrogen-bond acceptors (Lipinski definition) is 12. The molecule has 0 aliphatic heterocycles. The molecule has 27 rings (SSSR count). The first-order chi connectivity index (χ1) is 63.9. The van der Waals surface area contributed by atoms with Gasteiger partial charge >= 0.3 is 0 Å². The third kappa shape index (κ3) is 13.3. The van der Waals surface area contributed by atoms with Crippen LogP contribution < -0.4 is 0 Å². The molecule has 0 N–H and O–H groups in total. The molecular formula is C117H69N9O2S. The fraction of sp³-hybridized carbons (Fsp3) is 0. The summed E-state index contributed by atoms with van der Waals surface area (Å²) >= 11 is 1.80. The van der Waals surface area contributed by atoms with Gasteiger partial charge in [-0.2, -0.15) is 0 Å². The predicted octanol–water partition coefficient (Wildman–Crippen LogP) is 31.2. The molecular weight excluding hydrogens is 1600 g/mol. The number of furan rings is 2. The van der Waals surface area contributed by atoms with Crippen LogP contribution in [0, 0.1) is 0 Å². The van der Waals surface area contributed by atoms with Gasteiger partial charge in [0, 0.05) is 86.2 Å². The minimum atomic E-state index is 0.581. The van der Waals surface area contributed by atoms with Gasteiger partial charge in [0.2, 0.25) is 0 Å². The topological polar surface area (TPSA) is 142 Å². The molecule has 0 unspecified atom stereocenters. The first-order valence-corrected chi connectivity index (χ1v) is 43.9. The van der Waals surface area contributed by atoms with Crippen LogP contribution in [0.25, 0.3) is 263 Å². The van der Waals surface area contributed by atoms with Crippen molar-refractivity contribution in [3.63, 3.8) is 0 Å². The number of aromatic nitrogens is 9. The molecule has 0 radical (unpaired) electrons. The minimum absolute atomic E-state index is 0.581. The quantitative estimate of drug-likeness (QED) is 0.127. The van der Waals surface area contributed by atoms with E-state index in [9.17, 15) is 0 Å². The highest BCUT2D eigenvalue weighted by atomic mass is 32.1. The minimum Gasteiger partial charge on any atom is -0.456 e. The van der Waals surface area contributed by atoms with Crippen molar-refractivity contribution < 1.29 is 8.83 Å². The molecule has 129 heavy (non-hydrogen) atoms. The summed E-state index contributed by atoms with van der Waals surface area (Å²) in [4.78, 5) is 45.2. The van der Waals surface area contributed by atoms with Crippen molar-refractivity contribution in [1.29, 1.82) is 0 Å². The Bertz CT molecular complexity index is 9220. The van der Waals surface area contributed by atoms with E-state index in [1.54, 1.807) is 11.3 Å². The zero-order valence-electron chi connectivity index (χ0n) is 69.1. The van der Waals surface area contributed by atoms with E-state index in [4.69, 9.17) is 53.7 Å². The highest BCUT2D eigenvalue weighted by molar-refractivity contribution is 7.25. The lowest BCUT2D eigenvalue weighted by molar-refractivity contribution is 0.669. The van der Waals surface area contributed by atoms with Gasteiger partial charge in [0.1, 0.15) is 22.3 Å². The lowest BCUT2D eigenvalue weighted by atomic mass is 9.96. The molecule has 0 aliphatic rings.